The number of nitrogen functional groups attached to an aromatic ring is 1. The van der Waals surface area contributed by atoms with Crippen LogP contribution in [0.5, 0.6) is 17.2 Å². The highest BCUT2D eigenvalue weighted by Gasteiger charge is 2.16. The van der Waals surface area contributed by atoms with Crippen molar-refractivity contribution in [1.82, 2.24) is 19.5 Å². The predicted octanol–water partition coefficient (Wildman–Crippen LogP) is 5.83. The van der Waals surface area contributed by atoms with Gasteiger partial charge in [-0.25, -0.2) is 9.97 Å². The molecule has 3 heterocycles. The molecule has 0 spiro atoms. The van der Waals surface area contributed by atoms with Crippen molar-refractivity contribution in [2.24, 2.45) is 0 Å². The van der Waals surface area contributed by atoms with Gasteiger partial charge in [0.15, 0.2) is 0 Å². The average molecular weight is 496 g/mol. The third-order valence-corrected chi connectivity index (χ3v) is 6.07. The summed E-state index contributed by atoms with van der Waals surface area (Å²) in [5.74, 6) is 2.56. The molecule has 0 saturated carbocycles. The van der Waals surface area contributed by atoms with Crippen molar-refractivity contribution in [1.29, 1.82) is 0 Å². The topological polar surface area (TPSA) is 108 Å². The van der Waals surface area contributed by atoms with Gasteiger partial charge in [-0.15, -0.1) is 0 Å². The third-order valence-electron chi connectivity index (χ3n) is 6.07. The van der Waals surface area contributed by atoms with Crippen molar-refractivity contribution in [3.8, 4) is 28.4 Å². The number of aromatic nitrogens is 4. The number of nitrogens with zero attached hydrogens (tertiary/aromatic N) is 4. The van der Waals surface area contributed by atoms with Crippen LogP contribution in [0.2, 0.25) is 0 Å². The zero-order valence-electron chi connectivity index (χ0n) is 21.0. The van der Waals surface area contributed by atoms with E-state index in [0.717, 1.165) is 33.3 Å². The summed E-state index contributed by atoms with van der Waals surface area (Å²) < 4.78 is 14.2. The number of ether oxygens (including phenoxy) is 2. The molecule has 0 aliphatic rings. The summed E-state index contributed by atoms with van der Waals surface area (Å²) in [6, 6.07) is 17.6. The highest BCUT2D eigenvalue weighted by Crippen LogP contribution is 2.35. The molecule has 0 bridgehead atoms. The van der Waals surface area contributed by atoms with E-state index in [0.29, 0.717) is 35.4 Å². The Morgan fingerprint density at radius 2 is 1.73 bits per heavy atom. The van der Waals surface area contributed by atoms with Crippen LogP contribution in [0, 0.1) is 6.92 Å². The molecule has 0 amide bonds. The van der Waals surface area contributed by atoms with E-state index in [1.165, 1.54) is 6.33 Å². The van der Waals surface area contributed by atoms with Gasteiger partial charge in [0, 0.05) is 35.6 Å². The molecule has 0 unspecified atom stereocenters. The largest absolute Gasteiger partial charge is 0.489 e. The molecule has 8 nitrogen and oxygen atoms in total. The lowest BCUT2D eigenvalue weighted by molar-refractivity contribution is 0.276. The van der Waals surface area contributed by atoms with Crippen molar-refractivity contribution < 1.29 is 14.6 Å². The molecule has 188 valence electrons. The molecule has 8 heteroatoms. The smallest absolute Gasteiger partial charge is 0.146 e. The van der Waals surface area contributed by atoms with Crippen LogP contribution < -0.4 is 15.2 Å². The Kier molecular flexibility index (Phi) is 6.74. The lowest BCUT2D eigenvalue weighted by Crippen LogP contribution is -2.00. The van der Waals surface area contributed by atoms with E-state index < -0.39 is 0 Å². The number of benzene rings is 2. The molecule has 5 rings (SSSR count). The maximum atomic E-state index is 9.15. The fourth-order valence-corrected chi connectivity index (χ4v) is 4.22. The van der Waals surface area contributed by atoms with E-state index in [1.54, 1.807) is 12.3 Å². The summed E-state index contributed by atoms with van der Waals surface area (Å²) in [5, 5.41) is 10.0. The van der Waals surface area contributed by atoms with E-state index in [4.69, 9.17) is 20.3 Å². The normalized spacial score (nSPS) is 11.3. The molecular formula is C29H29N5O3. The molecule has 3 N–H and O–H groups in total. The first kappa shape index (κ1) is 24.3. The quantitative estimate of drug-likeness (QED) is 0.279. The molecule has 2 aromatic carbocycles. The number of hydrogen-bond donors (Lipinski definition) is 2. The van der Waals surface area contributed by atoms with Gasteiger partial charge in [0.05, 0.1) is 17.7 Å². The highest BCUT2D eigenvalue weighted by atomic mass is 16.5. The van der Waals surface area contributed by atoms with Gasteiger partial charge in [0.25, 0.3) is 0 Å². The monoisotopic (exact) mass is 495 g/mol. The van der Waals surface area contributed by atoms with Gasteiger partial charge < -0.3 is 24.9 Å². The SMILES string of the molecule is Cc1cc(OCc2ccc(CO)nc2)cc(Oc2ccc(-c3cn(C(C)C)c4ncnc(N)c34)cc2)c1. The fourth-order valence-electron chi connectivity index (χ4n) is 4.22. The van der Waals surface area contributed by atoms with E-state index in [2.05, 4.69) is 39.6 Å². The Labute approximate surface area is 215 Å². The van der Waals surface area contributed by atoms with Crippen LogP contribution in [0.3, 0.4) is 0 Å². The molecule has 0 radical (unpaired) electrons. The number of fused-ring (bicyclic) bond motifs is 1. The zero-order chi connectivity index (χ0) is 25.9. The summed E-state index contributed by atoms with van der Waals surface area (Å²) in [6.07, 6.45) is 5.28. The number of nitrogens with two attached hydrogens (primary N) is 1. The third kappa shape index (κ3) is 5.24. The van der Waals surface area contributed by atoms with Crippen LogP contribution >= 0.6 is 0 Å². The van der Waals surface area contributed by atoms with E-state index >= 15 is 0 Å². The lowest BCUT2D eigenvalue weighted by atomic mass is 10.1. The molecule has 0 aliphatic heterocycles. The number of aliphatic hydroxyl groups excluding tert-OH is 1. The number of hydrogen-bond acceptors (Lipinski definition) is 7. The molecule has 0 aliphatic carbocycles. The Hall–Kier alpha value is -4.43. The van der Waals surface area contributed by atoms with Gasteiger partial charge >= 0.3 is 0 Å². The predicted molar refractivity (Wildman–Crippen MR) is 144 cm³/mol. The van der Waals surface area contributed by atoms with Crippen LogP contribution in [-0.4, -0.2) is 24.6 Å². The summed E-state index contributed by atoms with van der Waals surface area (Å²) >= 11 is 0. The minimum Gasteiger partial charge on any atom is -0.489 e. The highest BCUT2D eigenvalue weighted by molar-refractivity contribution is 6.00. The molecule has 0 saturated heterocycles. The second-order valence-corrected chi connectivity index (χ2v) is 9.21. The Balaban J connectivity index is 1.34. The summed E-state index contributed by atoms with van der Waals surface area (Å²) in [6.45, 7) is 6.51. The molecule has 0 atom stereocenters. The number of pyridine rings is 1. The average Bonchev–Trinajstić information content (AvgIpc) is 3.29. The van der Waals surface area contributed by atoms with Crippen molar-refractivity contribution in [2.45, 2.75) is 40.0 Å². The van der Waals surface area contributed by atoms with Gasteiger partial charge in [-0.2, -0.15) is 0 Å². The first-order valence-corrected chi connectivity index (χ1v) is 12.1. The second kappa shape index (κ2) is 10.3. The number of anilines is 1. The van der Waals surface area contributed by atoms with E-state index in [1.807, 2.05) is 55.5 Å². The van der Waals surface area contributed by atoms with Crippen molar-refractivity contribution >= 4 is 16.9 Å². The van der Waals surface area contributed by atoms with Gasteiger partial charge in [-0.3, -0.25) is 4.98 Å². The molecular weight excluding hydrogens is 466 g/mol. The van der Waals surface area contributed by atoms with E-state index in [-0.39, 0.29) is 12.6 Å². The van der Waals surface area contributed by atoms with Crippen LogP contribution in [0.1, 0.15) is 36.7 Å². The lowest BCUT2D eigenvalue weighted by Gasteiger charge is -2.11. The van der Waals surface area contributed by atoms with Crippen LogP contribution in [0.15, 0.2) is 73.3 Å². The van der Waals surface area contributed by atoms with Gasteiger partial charge in [-0.05, 0) is 62.2 Å². The fraction of sp³-hybridized carbons (Fsp3) is 0.207. The van der Waals surface area contributed by atoms with Gasteiger partial charge in [-0.1, -0.05) is 18.2 Å². The van der Waals surface area contributed by atoms with Crippen LogP contribution in [0.25, 0.3) is 22.2 Å². The molecule has 37 heavy (non-hydrogen) atoms. The first-order valence-electron chi connectivity index (χ1n) is 12.1. The number of rotatable bonds is 8. The van der Waals surface area contributed by atoms with Crippen LogP contribution in [0.4, 0.5) is 5.82 Å². The maximum absolute atomic E-state index is 9.15. The second-order valence-electron chi connectivity index (χ2n) is 9.21. The van der Waals surface area contributed by atoms with Gasteiger partial charge in [0.1, 0.15) is 41.6 Å². The summed E-state index contributed by atoms with van der Waals surface area (Å²) in [7, 11) is 0. The zero-order valence-corrected chi connectivity index (χ0v) is 21.0. The summed E-state index contributed by atoms with van der Waals surface area (Å²) in [4.78, 5) is 12.9. The Bertz CT molecular complexity index is 1530. The minimum atomic E-state index is -0.0789. The van der Waals surface area contributed by atoms with Gasteiger partial charge in [0.2, 0.25) is 0 Å². The summed E-state index contributed by atoms with van der Waals surface area (Å²) in [5.41, 5.74) is 11.6. The van der Waals surface area contributed by atoms with Crippen molar-refractivity contribution in [3.05, 3.63) is 90.1 Å². The minimum absolute atomic E-state index is 0.0789. The Morgan fingerprint density at radius 1 is 0.946 bits per heavy atom. The Morgan fingerprint density at radius 3 is 2.43 bits per heavy atom. The number of aryl methyl sites for hydroxylation is 1. The standard InChI is InChI=1S/C29H29N5O3/c1-18(2)34-14-26(27-28(30)32-17-33-29(27)34)21-5-8-23(9-6-21)37-25-11-19(3)10-24(12-25)36-16-20-4-7-22(15-35)31-13-20/h4-14,17-18,35H,15-16H2,1-3H3,(H2,30,32,33). The first-order chi connectivity index (χ1) is 17.9. The van der Waals surface area contributed by atoms with Crippen molar-refractivity contribution in [3.63, 3.8) is 0 Å². The van der Waals surface area contributed by atoms with Crippen molar-refractivity contribution in [2.75, 3.05) is 5.73 Å². The molecule has 3 aromatic heterocycles. The molecule has 5 aromatic rings. The number of aliphatic hydroxyl groups is 1. The molecule has 0 fully saturated rings. The maximum Gasteiger partial charge on any atom is 0.146 e. The van der Waals surface area contributed by atoms with E-state index in [9.17, 15) is 0 Å². The van der Waals surface area contributed by atoms with Crippen LogP contribution in [-0.2, 0) is 13.2 Å².